The number of halogens is 2. The summed E-state index contributed by atoms with van der Waals surface area (Å²) in [4.78, 5) is 27.8. The molecule has 2 aromatic carbocycles. The summed E-state index contributed by atoms with van der Waals surface area (Å²) < 4.78 is 5.05. The Balaban J connectivity index is 1.76. The van der Waals surface area contributed by atoms with Gasteiger partial charge in [0, 0.05) is 49.7 Å². The van der Waals surface area contributed by atoms with Gasteiger partial charge in [0.15, 0.2) is 0 Å². The van der Waals surface area contributed by atoms with Crippen molar-refractivity contribution in [2.24, 2.45) is 5.92 Å². The molecule has 1 saturated heterocycles. The van der Waals surface area contributed by atoms with Gasteiger partial charge in [-0.1, -0.05) is 30.1 Å². The fourth-order valence-electron chi connectivity index (χ4n) is 3.71. The minimum atomic E-state index is -0.467. The van der Waals surface area contributed by atoms with Crippen LogP contribution < -0.4 is 20.9 Å². The molecule has 0 atom stereocenters. The first-order chi connectivity index (χ1) is 15.9. The number of nitrogens with one attached hydrogen (secondary N) is 3. The molecule has 1 aliphatic heterocycles. The molecule has 0 bridgehead atoms. The second-order valence-corrected chi connectivity index (χ2v) is 9.05. The number of carbonyl (C=O) groups is 2. The Labute approximate surface area is 204 Å². The van der Waals surface area contributed by atoms with E-state index in [0.717, 1.165) is 38.0 Å². The predicted octanol–water partition coefficient (Wildman–Crippen LogP) is 5.64. The first kappa shape index (κ1) is 25.1. The smallest absolute Gasteiger partial charge is 0.323 e. The molecular weight excluding hydrogens is 463 g/mol. The Morgan fingerprint density at radius 3 is 2.55 bits per heavy atom. The molecule has 1 fully saturated rings. The van der Waals surface area contributed by atoms with Crippen molar-refractivity contribution in [1.29, 1.82) is 0 Å². The molecule has 1 heterocycles. The zero-order valence-electron chi connectivity index (χ0n) is 18.9. The van der Waals surface area contributed by atoms with Crippen LogP contribution in [0, 0.1) is 5.92 Å². The number of urea groups is 1. The van der Waals surface area contributed by atoms with Crippen LogP contribution in [0.4, 0.5) is 21.9 Å². The zero-order valence-corrected chi connectivity index (χ0v) is 20.4. The molecule has 2 aromatic rings. The molecule has 3 amide bonds. The predicted molar refractivity (Wildman–Crippen MR) is 135 cm³/mol. The Bertz CT molecular complexity index is 978. The van der Waals surface area contributed by atoms with Crippen LogP contribution in [-0.4, -0.2) is 45.3 Å². The third-order valence-electron chi connectivity index (χ3n) is 5.61. The topological polar surface area (TPSA) is 82.7 Å². The lowest BCUT2D eigenvalue weighted by Crippen LogP contribution is -2.35. The quantitative estimate of drug-likeness (QED) is 0.416. The maximum atomic E-state index is 13.0. The molecule has 0 aliphatic carbocycles. The molecule has 0 radical (unpaired) electrons. The lowest BCUT2D eigenvalue weighted by atomic mass is 9.98. The third-order valence-corrected chi connectivity index (χ3v) is 6.16. The highest BCUT2D eigenvalue weighted by Crippen LogP contribution is 2.29. The molecule has 0 aromatic heterocycles. The van der Waals surface area contributed by atoms with Gasteiger partial charge < -0.3 is 25.6 Å². The normalized spacial score (nSPS) is 14.1. The van der Waals surface area contributed by atoms with Crippen molar-refractivity contribution in [3.63, 3.8) is 0 Å². The molecule has 3 N–H and O–H groups in total. The highest BCUT2D eigenvalue weighted by Gasteiger charge is 2.22. The van der Waals surface area contributed by atoms with Crippen molar-refractivity contribution in [3.05, 3.63) is 52.0 Å². The summed E-state index contributed by atoms with van der Waals surface area (Å²) in [5.74, 6) is 0.501. The van der Waals surface area contributed by atoms with E-state index in [2.05, 4.69) is 27.8 Å². The molecule has 33 heavy (non-hydrogen) atoms. The van der Waals surface area contributed by atoms with E-state index in [1.807, 2.05) is 6.07 Å². The monoisotopic (exact) mass is 492 g/mol. The van der Waals surface area contributed by atoms with Gasteiger partial charge in [0.25, 0.3) is 5.91 Å². The Kier molecular flexibility index (Phi) is 9.23. The van der Waals surface area contributed by atoms with Gasteiger partial charge in [-0.05, 0) is 61.6 Å². The molecule has 0 saturated carbocycles. The Morgan fingerprint density at radius 1 is 1.09 bits per heavy atom. The van der Waals surface area contributed by atoms with Crippen molar-refractivity contribution in [2.45, 2.75) is 26.2 Å². The van der Waals surface area contributed by atoms with E-state index >= 15 is 0 Å². The summed E-state index contributed by atoms with van der Waals surface area (Å²) in [5, 5.41) is 9.25. The third kappa shape index (κ3) is 7.25. The van der Waals surface area contributed by atoms with Crippen molar-refractivity contribution in [1.82, 2.24) is 5.32 Å². The van der Waals surface area contributed by atoms with Gasteiger partial charge in [-0.15, -0.1) is 0 Å². The highest BCUT2D eigenvalue weighted by atomic mass is 35.5. The van der Waals surface area contributed by atoms with Crippen molar-refractivity contribution in [3.8, 4) is 0 Å². The van der Waals surface area contributed by atoms with Gasteiger partial charge in [-0.25, -0.2) is 4.79 Å². The summed E-state index contributed by atoms with van der Waals surface area (Å²) in [6.07, 6.45) is 2.89. The van der Waals surface area contributed by atoms with Crippen LogP contribution in [0.25, 0.3) is 0 Å². The van der Waals surface area contributed by atoms with Crippen molar-refractivity contribution in [2.75, 3.05) is 48.9 Å². The van der Waals surface area contributed by atoms with E-state index in [1.165, 1.54) is 0 Å². The number of carbonyl (C=O) groups excluding carboxylic acids is 2. The standard InChI is InChI=1S/C24H30Cl2N4O3/c1-16-8-11-30(12-9-16)22-7-5-18(15-19(22)23(31)27-10-3-13-33-2)28-24(32)29-21-6-4-17(25)14-20(21)26/h4-7,14-16H,3,8-13H2,1-2H3,(H,27,31)(H2,28,29,32). The summed E-state index contributed by atoms with van der Waals surface area (Å²) in [6, 6.07) is 9.77. The molecule has 0 unspecified atom stereocenters. The Morgan fingerprint density at radius 2 is 1.85 bits per heavy atom. The number of amides is 3. The number of hydrogen-bond acceptors (Lipinski definition) is 4. The molecule has 3 rings (SSSR count). The van der Waals surface area contributed by atoms with Crippen LogP contribution in [0.1, 0.15) is 36.5 Å². The van der Waals surface area contributed by atoms with Crippen LogP contribution in [0.2, 0.25) is 10.0 Å². The lowest BCUT2D eigenvalue weighted by molar-refractivity contribution is 0.0949. The van der Waals surface area contributed by atoms with Gasteiger partial charge in [-0.2, -0.15) is 0 Å². The molecule has 178 valence electrons. The Hall–Kier alpha value is -2.48. The largest absolute Gasteiger partial charge is 0.385 e. The molecule has 0 spiro atoms. The van der Waals surface area contributed by atoms with Crippen LogP contribution in [-0.2, 0) is 4.74 Å². The fraction of sp³-hybridized carbons (Fsp3) is 0.417. The number of rotatable bonds is 8. The van der Waals surface area contributed by atoms with Crippen LogP contribution in [0.3, 0.4) is 0 Å². The lowest BCUT2D eigenvalue weighted by Gasteiger charge is -2.33. The van der Waals surface area contributed by atoms with Crippen molar-refractivity contribution >= 4 is 52.2 Å². The van der Waals surface area contributed by atoms with Crippen LogP contribution >= 0.6 is 23.2 Å². The minimum absolute atomic E-state index is 0.176. The maximum absolute atomic E-state index is 13.0. The fourth-order valence-corrected chi connectivity index (χ4v) is 4.17. The van der Waals surface area contributed by atoms with E-state index in [0.29, 0.717) is 46.1 Å². The molecule has 1 aliphatic rings. The number of methoxy groups -OCH3 is 1. The SMILES string of the molecule is COCCCNC(=O)c1cc(NC(=O)Nc2ccc(Cl)cc2Cl)ccc1N1CCC(C)CC1. The highest BCUT2D eigenvalue weighted by molar-refractivity contribution is 6.36. The minimum Gasteiger partial charge on any atom is -0.385 e. The second-order valence-electron chi connectivity index (χ2n) is 8.21. The van der Waals surface area contributed by atoms with Gasteiger partial charge in [0.2, 0.25) is 0 Å². The molecular formula is C24H30Cl2N4O3. The van der Waals surface area contributed by atoms with Gasteiger partial charge in [-0.3, -0.25) is 4.79 Å². The van der Waals surface area contributed by atoms with E-state index < -0.39 is 6.03 Å². The summed E-state index contributed by atoms with van der Waals surface area (Å²) in [6.45, 7) is 5.13. The zero-order chi connectivity index (χ0) is 23.8. The van der Waals surface area contributed by atoms with E-state index in [1.54, 1.807) is 37.4 Å². The molecule has 9 heteroatoms. The van der Waals surface area contributed by atoms with E-state index in [9.17, 15) is 9.59 Å². The number of anilines is 3. The van der Waals surface area contributed by atoms with E-state index in [-0.39, 0.29) is 5.91 Å². The molecule has 7 nitrogen and oxygen atoms in total. The van der Waals surface area contributed by atoms with Gasteiger partial charge in [0.05, 0.1) is 16.3 Å². The number of piperidine rings is 1. The van der Waals surface area contributed by atoms with Crippen molar-refractivity contribution < 1.29 is 14.3 Å². The van der Waals surface area contributed by atoms with E-state index in [4.69, 9.17) is 27.9 Å². The average Bonchev–Trinajstić information content (AvgIpc) is 2.79. The van der Waals surface area contributed by atoms with Crippen LogP contribution in [0.5, 0.6) is 0 Å². The van der Waals surface area contributed by atoms with Crippen LogP contribution in [0.15, 0.2) is 36.4 Å². The number of benzene rings is 2. The summed E-state index contributed by atoms with van der Waals surface area (Å²) in [5.41, 5.74) is 2.35. The first-order valence-corrected chi connectivity index (χ1v) is 11.8. The van der Waals surface area contributed by atoms with Gasteiger partial charge in [0.1, 0.15) is 0 Å². The summed E-state index contributed by atoms with van der Waals surface area (Å²) >= 11 is 12.0. The number of nitrogens with zero attached hydrogens (tertiary/aromatic N) is 1. The maximum Gasteiger partial charge on any atom is 0.323 e. The number of hydrogen-bond donors (Lipinski definition) is 3. The second kappa shape index (κ2) is 12.1. The number of ether oxygens (including phenoxy) is 1. The average molecular weight is 493 g/mol. The summed E-state index contributed by atoms with van der Waals surface area (Å²) in [7, 11) is 1.63. The first-order valence-electron chi connectivity index (χ1n) is 11.1. The van der Waals surface area contributed by atoms with Gasteiger partial charge >= 0.3 is 6.03 Å².